The van der Waals surface area contributed by atoms with E-state index in [0.717, 1.165) is 36.8 Å². The average molecular weight is 345 g/mol. The summed E-state index contributed by atoms with van der Waals surface area (Å²) in [7, 11) is 0. The molecule has 3 nitrogen and oxygen atoms in total. The zero-order valence-electron chi connectivity index (χ0n) is 14.0. The predicted octanol–water partition coefficient (Wildman–Crippen LogP) is 5.20. The maximum Gasteiger partial charge on any atom is 0.338 e. The van der Waals surface area contributed by atoms with E-state index in [0.29, 0.717) is 33.0 Å². The van der Waals surface area contributed by atoms with Gasteiger partial charge in [0.05, 0.1) is 0 Å². The number of hydrogen-bond acceptors (Lipinski definition) is 3. The number of ether oxygens (including phenoxy) is 1. The van der Waals surface area contributed by atoms with Gasteiger partial charge in [-0.2, -0.15) is 0 Å². The molecular formula is C20H21ClO3. The molecule has 0 spiro atoms. The normalized spacial score (nSPS) is 16.7. The van der Waals surface area contributed by atoms with Crippen LogP contribution in [0.25, 0.3) is 10.8 Å². The van der Waals surface area contributed by atoms with Crippen LogP contribution in [0.5, 0.6) is 11.5 Å². The Labute approximate surface area is 146 Å². The molecule has 0 saturated heterocycles. The number of phenols is 1. The lowest BCUT2D eigenvalue weighted by Gasteiger charge is -2.27. The largest absolute Gasteiger partial charge is 0.507 e. The number of rotatable bonds is 3. The fourth-order valence-electron chi connectivity index (χ4n) is 3.38. The van der Waals surface area contributed by atoms with E-state index < -0.39 is 5.97 Å². The van der Waals surface area contributed by atoms with E-state index in [1.54, 1.807) is 25.1 Å². The molecule has 0 aliphatic heterocycles. The lowest BCUT2D eigenvalue weighted by Crippen LogP contribution is -2.17. The zero-order chi connectivity index (χ0) is 17.4. The molecule has 0 fully saturated rings. The Kier molecular flexibility index (Phi) is 4.55. The second-order valence-electron chi connectivity index (χ2n) is 6.51. The number of benzene rings is 2. The summed E-state index contributed by atoms with van der Waals surface area (Å²) in [6, 6.07) is 5.26. The average Bonchev–Trinajstić information content (AvgIpc) is 2.57. The van der Waals surface area contributed by atoms with Crippen LogP contribution in [0.4, 0.5) is 0 Å². The molecule has 1 aliphatic rings. The van der Waals surface area contributed by atoms with Crippen LogP contribution in [0.3, 0.4) is 0 Å². The summed E-state index contributed by atoms with van der Waals surface area (Å²) >= 11 is 6.09. The van der Waals surface area contributed by atoms with Crippen molar-refractivity contribution in [3.05, 3.63) is 46.5 Å². The number of esters is 1. The number of hydrogen-bond donors (Lipinski definition) is 1. The Morgan fingerprint density at radius 1 is 1.38 bits per heavy atom. The van der Waals surface area contributed by atoms with Crippen molar-refractivity contribution in [2.24, 2.45) is 5.92 Å². The Morgan fingerprint density at radius 2 is 2.12 bits per heavy atom. The molecule has 1 N–H and O–H groups in total. The molecule has 1 unspecified atom stereocenters. The second kappa shape index (κ2) is 6.48. The SMILES string of the molecule is C=C(C)C(=O)Oc1c2c(c(O)c3cc(Cl)ccc13)CCC(CC)C2. The summed E-state index contributed by atoms with van der Waals surface area (Å²) in [5.74, 6) is 0.884. The van der Waals surface area contributed by atoms with E-state index in [9.17, 15) is 9.90 Å². The van der Waals surface area contributed by atoms with Crippen LogP contribution in [-0.2, 0) is 17.6 Å². The minimum absolute atomic E-state index is 0.257. The molecular weight excluding hydrogens is 324 g/mol. The standard InChI is InChI=1S/C20H21ClO3/c1-4-12-5-7-14-17(9-12)19(24-20(23)11(2)3)15-8-6-13(21)10-16(15)18(14)22/h6,8,10,12,22H,2,4-5,7,9H2,1,3H3. The first-order chi connectivity index (χ1) is 11.4. The van der Waals surface area contributed by atoms with Crippen LogP contribution >= 0.6 is 11.6 Å². The smallest absolute Gasteiger partial charge is 0.338 e. The number of fused-ring (bicyclic) bond motifs is 2. The van der Waals surface area contributed by atoms with Crippen molar-refractivity contribution in [2.75, 3.05) is 0 Å². The summed E-state index contributed by atoms with van der Waals surface area (Å²) in [4.78, 5) is 12.1. The third-order valence-electron chi connectivity index (χ3n) is 4.82. The monoisotopic (exact) mass is 344 g/mol. The topological polar surface area (TPSA) is 46.5 Å². The Morgan fingerprint density at radius 3 is 2.79 bits per heavy atom. The third kappa shape index (κ3) is 2.89. The summed E-state index contributed by atoms with van der Waals surface area (Å²) in [5, 5.41) is 12.6. The molecule has 1 atom stereocenters. The molecule has 0 saturated carbocycles. The lowest BCUT2D eigenvalue weighted by atomic mass is 9.80. The minimum atomic E-state index is -0.447. The van der Waals surface area contributed by atoms with Gasteiger partial charge in [0.15, 0.2) is 0 Å². The zero-order valence-corrected chi connectivity index (χ0v) is 14.7. The number of carbonyl (C=O) groups excluding carboxylic acids is 1. The van der Waals surface area contributed by atoms with E-state index in [1.165, 1.54) is 0 Å². The predicted molar refractivity (Wildman–Crippen MR) is 96.9 cm³/mol. The van der Waals surface area contributed by atoms with Crippen LogP contribution in [0.2, 0.25) is 5.02 Å². The molecule has 2 aromatic carbocycles. The maximum atomic E-state index is 12.1. The first kappa shape index (κ1) is 16.8. The fourth-order valence-corrected chi connectivity index (χ4v) is 3.56. The van der Waals surface area contributed by atoms with Crippen molar-refractivity contribution in [1.82, 2.24) is 0 Å². The molecule has 0 aromatic heterocycles. The van der Waals surface area contributed by atoms with E-state index >= 15 is 0 Å². The molecule has 1 aliphatic carbocycles. The summed E-state index contributed by atoms with van der Waals surface area (Å²) in [5.41, 5.74) is 2.16. The molecule has 3 rings (SSSR count). The second-order valence-corrected chi connectivity index (χ2v) is 6.95. The van der Waals surface area contributed by atoms with Crippen LogP contribution in [0.15, 0.2) is 30.4 Å². The van der Waals surface area contributed by atoms with Gasteiger partial charge in [-0.05, 0) is 50.3 Å². The first-order valence-electron chi connectivity index (χ1n) is 8.26. The van der Waals surface area contributed by atoms with Crippen molar-refractivity contribution in [3.63, 3.8) is 0 Å². The van der Waals surface area contributed by atoms with Gasteiger partial charge >= 0.3 is 5.97 Å². The molecule has 24 heavy (non-hydrogen) atoms. The number of carbonyl (C=O) groups is 1. The number of halogens is 1. The first-order valence-corrected chi connectivity index (χ1v) is 8.63. The third-order valence-corrected chi connectivity index (χ3v) is 5.06. The van der Waals surface area contributed by atoms with Crippen molar-refractivity contribution in [2.45, 2.75) is 39.5 Å². The van der Waals surface area contributed by atoms with E-state index in [1.807, 2.05) is 0 Å². The van der Waals surface area contributed by atoms with Crippen LogP contribution in [0, 0.1) is 5.92 Å². The highest BCUT2D eigenvalue weighted by Crippen LogP contribution is 2.45. The van der Waals surface area contributed by atoms with Crippen LogP contribution in [0.1, 0.15) is 37.8 Å². The minimum Gasteiger partial charge on any atom is -0.507 e. The van der Waals surface area contributed by atoms with Gasteiger partial charge in [0.25, 0.3) is 0 Å². The van der Waals surface area contributed by atoms with E-state index in [-0.39, 0.29) is 5.75 Å². The van der Waals surface area contributed by atoms with Gasteiger partial charge in [-0.1, -0.05) is 31.5 Å². The quantitative estimate of drug-likeness (QED) is 0.473. The molecule has 0 bridgehead atoms. The van der Waals surface area contributed by atoms with Crippen molar-refractivity contribution < 1.29 is 14.6 Å². The summed E-state index contributed by atoms with van der Waals surface area (Å²) < 4.78 is 5.68. The molecule has 126 valence electrons. The highest BCUT2D eigenvalue weighted by Gasteiger charge is 2.27. The Bertz CT molecular complexity index is 839. The van der Waals surface area contributed by atoms with Crippen LogP contribution in [-0.4, -0.2) is 11.1 Å². The van der Waals surface area contributed by atoms with E-state index in [2.05, 4.69) is 13.5 Å². The van der Waals surface area contributed by atoms with Gasteiger partial charge in [0.1, 0.15) is 11.5 Å². The Hall–Kier alpha value is -2.00. The molecule has 0 amide bonds. The molecule has 4 heteroatoms. The Balaban J connectivity index is 2.27. The molecule has 2 aromatic rings. The molecule has 0 radical (unpaired) electrons. The maximum absolute atomic E-state index is 12.1. The highest BCUT2D eigenvalue weighted by atomic mass is 35.5. The van der Waals surface area contributed by atoms with Crippen molar-refractivity contribution >= 4 is 28.3 Å². The van der Waals surface area contributed by atoms with Gasteiger partial charge in [-0.3, -0.25) is 0 Å². The van der Waals surface area contributed by atoms with Gasteiger partial charge in [0.2, 0.25) is 0 Å². The fraction of sp³-hybridized carbons (Fsp3) is 0.350. The van der Waals surface area contributed by atoms with E-state index in [4.69, 9.17) is 16.3 Å². The summed E-state index contributed by atoms with van der Waals surface area (Å²) in [6.07, 6.45) is 3.67. The number of aromatic hydroxyl groups is 1. The van der Waals surface area contributed by atoms with Gasteiger partial charge < -0.3 is 9.84 Å². The highest BCUT2D eigenvalue weighted by molar-refractivity contribution is 6.31. The van der Waals surface area contributed by atoms with Crippen molar-refractivity contribution in [3.8, 4) is 11.5 Å². The lowest BCUT2D eigenvalue weighted by molar-refractivity contribution is -0.130. The van der Waals surface area contributed by atoms with Crippen LogP contribution < -0.4 is 4.74 Å². The van der Waals surface area contributed by atoms with Gasteiger partial charge in [-0.15, -0.1) is 0 Å². The summed E-state index contributed by atoms with van der Waals surface area (Å²) in [6.45, 7) is 7.45. The number of phenolic OH excluding ortho intramolecular Hbond substituents is 1. The molecule has 0 heterocycles. The van der Waals surface area contributed by atoms with Gasteiger partial charge in [0, 0.05) is 32.5 Å². The van der Waals surface area contributed by atoms with Crippen molar-refractivity contribution in [1.29, 1.82) is 0 Å². The van der Waals surface area contributed by atoms with Gasteiger partial charge in [-0.25, -0.2) is 4.79 Å².